The van der Waals surface area contributed by atoms with E-state index in [1.165, 1.54) is 6.33 Å². The minimum absolute atomic E-state index is 0.0523. The second-order valence-electron chi connectivity index (χ2n) is 6.43. The Hall–Kier alpha value is -0.990. The third-order valence-electron chi connectivity index (χ3n) is 4.06. The molecule has 2 aromatic heterocycles. The number of phosphoric acid groups is 3. The standard InChI is InChI=1S/C11H17ClN5O11P3/c1-5-2-7(17-4-14-8-9(12)15-11(13)16-10(8)17)26-6(5)3-25-30(21,22)28-31(23,24)27-29(18,19)20/h4-7H,2-3H2,1H3,(H,21,22)(H,23,24)(H2,13,15,16)(H2,18,19,20). The molecule has 5 atom stereocenters. The van der Waals surface area contributed by atoms with Crippen molar-refractivity contribution in [2.24, 2.45) is 5.92 Å². The molecule has 3 heterocycles. The highest BCUT2D eigenvalue weighted by atomic mass is 35.5. The minimum Gasteiger partial charge on any atom is -0.368 e. The summed E-state index contributed by atoms with van der Waals surface area (Å²) in [6.07, 6.45) is 0.409. The Kier molecular flexibility index (Phi) is 6.95. The first-order chi connectivity index (χ1) is 14.2. The summed E-state index contributed by atoms with van der Waals surface area (Å²) in [5.41, 5.74) is 6.21. The maximum Gasteiger partial charge on any atom is 0.490 e. The van der Waals surface area contributed by atoms with Crippen molar-refractivity contribution < 1.29 is 51.2 Å². The van der Waals surface area contributed by atoms with E-state index in [-0.39, 0.29) is 17.0 Å². The van der Waals surface area contributed by atoms with Gasteiger partial charge in [-0.2, -0.15) is 18.6 Å². The number of anilines is 1. The van der Waals surface area contributed by atoms with Crippen LogP contribution in [0, 0.1) is 5.92 Å². The molecule has 0 radical (unpaired) electrons. The zero-order chi connectivity index (χ0) is 23.2. The molecule has 0 saturated carbocycles. The van der Waals surface area contributed by atoms with Gasteiger partial charge >= 0.3 is 23.5 Å². The molecule has 0 spiro atoms. The van der Waals surface area contributed by atoms with Crippen molar-refractivity contribution in [1.82, 2.24) is 19.5 Å². The van der Waals surface area contributed by atoms with E-state index in [9.17, 15) is 23.5 Å². The quantitative estimate of drug-likeness (QED) is 0.242. The van der Waals surface area contributed by atoms with Crippen LogP contribution >= 0.6 is 35.1 Å². The van der Waals surface area contributed by atoms with Gasteiger partial charge in [0.25, 0.3) is 0 Å². The van der Waals surface area contributed by atoms with Gasteiger partial charge in [0.2, 0.25) is 5.95 Å². The number of aromatic nitrogens is 4. The first kappa shape index (κ1) is 24.6. The molecule has 0 aromatic carbocycles. The summed E-state index contributed by atoms with van der Waals surface area (Å²) in [5, 5.41) is 0.0523. The second-order valence-corrected chi connectivity index (χ2v) is 11.2. The molecule has 174 valence electrons. The molecule has 0 aliphatic carbocycles. The fraction of sp³-hybridized carbons (Fsp3) is 0.545. The van der Waals surface area contributed by atoms with Crippen molar-refractivity contribution in [2.45, 2.75) is 25.7 Å². The highest BCUT2D eigenvalue weighted by molar-refractivity contribution is 7.66. The summed E-state index contributed by atoms with van der Waals surface area (Å²) in [6, 6.07) is 0. The van der Waals surface area contributed by atoms with Gasteiger partial charge in [-0.15, -0.1) is 0 Å². The van der Waals surface area contributed by atoms with E-state index in [0.717, 1.165) is 0 Å². The van der Waals surface area contributed by atoms with Crippen LogP contribution in [0.1, 0.15) is 19.6 Å². The van der Waals surface area contributed by atoms with Crippen molar-refractivity contribution >= 4 is 52.2 Å². The molecule has 5 unspecified atom stereocenters. The molecule has 3 rings (SSSR count). The summed E-state index contributed by atoms with van der Waals surface area (Å²) in [7, 11) is -16.3. The van der Waals surface area contributed by atoms with Crippen molar-refractivity contribution in [3.8, 4) is 0 Å². The lowest BCUT2D eigenvalue weighted by Crippen LogP contribution is -2.20. The van der Waals surface area contributed by atoms with E-state index in [4.69, 9.17) is 31.9 Å². The Morgan fingerprint density at radius 3 is 2.55 bits per heavy atom. The first-order valence-electron chi connectivity index (χ1n) is 8.25. The molecule has 20 heteroatoms. The molecular weight excluding hydrogens is 507 g/mol. The minimum atomic E-state index is -5.59. The van der Waals surface area contributed by atoms with Crippen LogP contribution < -0.4 is 5.73 Å². The number of fused-ring (bicyclic) bond motifs is 1. The summed E-state index contributed by atoms with van der Waals surface area (Å²) in [4.78, 5) is 47.8. The molecule has 0 amide bonds. The van der Waals surface area contributed by atoms with Crippen LogP contribution in [0.3, 0.4) is 0 Å². The number of ether oxygens (including phenoxy) is 1. The molecule has 6 N–H and O–H groups in total. The molecule has 1 aliphatic heterocycles. The number of nitrogens with two attached hydrogens (primary N) is 1. The SMILES string of the molecule is CC1CC(n2cnc3c(Cl)nc(N)nc32)OC1COP(=O)(O)OP(=O)(O)OP(=O)(O)O. The molecule has 1 aliphatic rings. The van der Waals surface area contributed by atoms with Gasteiger partial charge in [-0.05, 0) is 12.3 Å². The molecule has 0 bridgehead atoms. The summed E-state index contributed by atoms with van der Waals surface area (Å²) >= 11 is 5.99. The van der Waals surface area contributed by atoms with E-state index in [1.54, 1.807) is 11.5 Å². The molecule has 1 fully saturated rings. The zero-order valence-electron chi connectivity index (χ0n) is 15.5. The first-order valence-corrected chi connectivity index (χ1v) is 13.1. The van der Waals surface area contributed by atoms with E-state index in [0.29, 0.717) is 17.6 Å². The van der Waals surface area contributed by atoms with Crippen LogP contribution in [0.4, 0.5) is 5.95 Å². The van der Waals surface area contributed by atoms with E-state index in [1.807, 2.05) is 0 Å². The van der Waals surface area contributed by atoms with Crippen LogP contribution in [-0.2, 0) is 31.6 Å². The molecule has 2 aromatic rings. The van der Waals surface area contributed by atoms with Crippen LogP contribution in [0.2, 0.25) is 5.15 Å². The number of rotatable bonds is 8. The van der Waals surface area contributed by atoms with Crippen molar-refractivity contribution in [3.05, 3.63) is 11.5 Å². The van der Waals surface area contributed by atoms with E-state index >= 15 is 0 Å². The van der Waals surface area contributed by atoms with Crippen molar-refractivity contribution in [2.75, 3.05) is 12.3 Å². The number of nitrogen functional groups attached to an aromatic ring is 1. The summed E-state index contributed by atoms with van der Waals surface area (Å²) < 4.78 is 53.2. The number of hydrogen-bond donors (Lipinski definition) is 5. The number of phosphoric ester groups is 1. The Labute approximate surface area is 178 Å². The lowest BCUT2D eigenvalue weighted by molar-refractivity contribution is -0.0273. The average molecular weight is 524 g/mol. The summed E-state index contributed by atoms with van der Waals surface area (Å²) in [5.74, 6) is -0.307. The summed E-state index contributed by atoms with van der Waals surface area (Å²) in [6.45, 7) is 1.19. The number of halogens is 1. The van der Waals surface area contributed by atoms with Gasteiger partial charge < -0.3 is 30.0 Å². The fourth-order valence-electron chi connectivity index (χ4n) is 2.82. The average Bonchev–Trinajstić information content (AvgIpc) is 3.13. The zero-order valence-corrected chi connectivity index (χ0v) is 18.9. The molecular formula is C11H17ClN5O11P3. The van der Waals surface area contributed by atoms with Crippen LogP contribution in [0.15, 0.2) is 6.33 Å². The van der Waals surface area contributed by atoms with Gasteiger partial charge in [0.05, 0.1) is 19.0 Å². The second kappa shape index (κ2) is 8.75. The van der Waals surface area contributed by atoms with E-state index in [2.05, 4.69) is 28.1 Å². The van der Waals surface area contributed by atoms with Crippen LogP contribution in [0.25, 0.3) is 11.2 Å². The van der Waals surface area contributed by atoms with Gasteiger partial charge in [-0.3, -0.25) is 9.09 Å². The maximum absolute atomic E-state index is 11.9. The third kappa shape index (κ3) is 6.29. The van der Waals surface area contributed by atoms with Gasteiger partial charge in [0.1, 0.15) is 11.7 Å². The Balaban J connectivity index is 1.66. The predicted molar refractivity (Wildman–Crippen MR) is 102 cm³/mol. The van der Waals surface area contributed by atoms with Gasteiger partial charge in [-0.1, -0.05) is 18.5 Å². The predicted octanol–water partition coefficient (Wildman–Crippen LogP) is 1.33. The smallest absolute Gasteiger partial charge is 0.368 e. The van der Waals surface area contributed by atoms with Crippen molar-refractivity contribution in [1.29, 1.82) is 0 Å². The normalized spacial score (nSPS) is 26.1. The largest absolute Gasteiger partial charge is 0.490 e. The Bertz CT molecular complexity index is 1120. The number of hydrogen-bond acceptors (Lipinski definition) is 11. The van der Waals surface area contributed by atoms with E-state index < -0.39 is 42.4 Å². The molecule has 16 nitrogen and oxygen atoms in total. The Morgan fingerprint density at radius 2 is 1.90 bits per heavy atom. The highest BCUT2D eigenvalue weighted by Gasteiger charge is 2.42. The molecule has 31 heavy (non-hydrogen) atoms. The highest BCUT2D eigenvalue weighted by Crippen LogP contribution is 2.66. The third-order valence-corrected chi connectivity index (χ3v) is 8.13. The van der Waals surface area contributed by atoms with Gasteiger partial charge in [-0.25, -0.2) is 18.7 Å². The van der Waals surface area contributed by atoms with Crippen LogP contribution in [-0.4, -0.2) is 51.8 Å². The topological polar surface area (TPSA) is 239 Å². The lowest BCUT2D eigenvalue weighted by atomic mass is 10.0. The molecule has 1 saturated heterocycles. The van der Waals surface area contributed by atoms with Crippen LogP contribution in [0.5, 0.6) is 0 Å². The fourth-order valence-corrected chi connectivity index (χ4v) is 6.07. The lowest BCUT2D eigenvalue weighted by Gasteiger charge is -2.19. The van der Waals surface area contributed by atoms with Gasteiger partial charge in [0.15, 0.2) is 10.8 Å². The van der Waals surface area contributed by atoms with Crippen molar-refractivity contribution in [3.63, 3.8) is 0 Å². The maximum atomic E-state index is 11.9. The number of imidazole rings is 1. The Morgan fingerprint density at radius 1 is 1.23 bits per heavy atom. The van der Waals surface area contributed by atoms with Gasteiger partial charge in [0, 0.05) is 0 Å². The monoisotopic (exact) mass is 523 g/mol. The number of nitrogens with zero attached hydrogens (tertiary/aromatic N) is 4.